The van der Waals surface area contributed by atoms with Crippen molar-refractivity contribution in [1.82, 2.24) is 4.31 Å². The molecule has 0 spiro atoms. The third-order valence-electron chi connectivity index (χ3n) is 1.90. The lowest BCUT2D eigenvalue weighted by atomic mass is 10.3. The zero-order chi connectivity index (χ0) is 12.3. The fourth-order valence-electron chi connectivity index (χ4n) is 1.07. The van der Waals surface area contributed by atoms with E-state index < -0.39 is 15.8 Å². The molecule has 1 aromatic carbocycles. The van der Waals surface area contributed by atoms with Gasteiger partial charge in [-0.15, -0.1) is 6.42 Å². The highest BCUT2D eigenvalue weighted by Crippen LogP contribution is 2.24. The molecule has 6 heteroatoms. The summed E-state index contributed by atoms with van der Waals surface area (Å²) in [4.78, 5) is -0.159. The van der Waals surface area contributed by atoms with Gasteiger partial charge in [-0.1, -0.05) is 17.5 Å². The zero-order valence-corrected chi connectivity index (χ0v) is 10.0. The van der Waals surface area contributed by atoms with E-state index in [0.29, 0.717) is 0 Å². The van der Waals surface area contributed by atoms with Crippen LogP contribution in [0.3, 0.4) is 0 Å². The normalized spacial score (nSPS) is 11.4. The summed E-state index contributed by atoms with van der Waals surface area (Å²) in [5.74, 6) is 1.61. The van der Waals surface area contributed by atoms with E-state index in [9.17, 15) is 12.8 Å². The van der Waals surface area contributed by atoms with E-state index >= 15 is 0 Å². The van der Waals surface area contributed by atoms with Crippen molar-refractivity contribution in [3.05, 3.63) is 29.0 Å². The van der Waals surface area contributed by atoms with Gasteiger partial charge in [0.05, 0.1) is 11.6 Å². The lowest BCUT2D eigenvalue weighted by Crippen LogP contribution is -2.27. The maximum atomic E-state index is 12.8. The molecular formula is C10H9ClFNO2S. The van der Waals surface area contributed by atoms with Gasteiger partial charge >= 0.3 is 0 Å². The first-order chi connectivity index (χ1) is 7.39. The number of benzene rings is 1. The fraction of sp³-hybridized carbons (Fsp3) is 0.200. The highest BCUT2D eigenvalue weighted by molar-refractivity contribution is 7.89. The van der Waals surface area contributed by atoms with Crippen LogP contribution in [0.2, 0.25) is 5.02 Å². The molecule has 0 aliphatic carbocycles. The maximum absolute atomic E-state index is 12.8. The topological polar surface area (TPSA) is 37.4 Å². The Morgan fingerprint density at radius 2 is 2.19 bits per heavy atom. The van der Waals surface area contributed by atoms with Gasteiger partial charge in [0.2, 0.25) is 10.0 Å². The SMILES string of the molecule is C#CCN(C)S(=O)(=O)c1ccc(F)cc1Cl. The lowest BCUT2D eigenvalue weighted by Gasteiger charge is -2.15. The molecule has 0 heterocycles. The molecule has 0 radical (unpaired) electrons. The summed E-state index contributed by atoms with van der Waals surface area (Å²) in [6.45, 7) is -0.0734. The van der Waals surface area contributed by atoms with Crippen LogP contribution in [0.4, 0.5) is 4.39 Å². The Bertz CT molecular complexity index is 536. The molecule has 0 amide bonds. The Balaban J connectivity index is 3.23. The summed E-state index contributed by atoms with van der Waals surface area (Å²) in [6.07, 6.45) is 5.02. The molecule has 0 atom stereocenters. The van der Waals surface area contributed by atoms with Crippen molar-refractivity contribution in [2.45, 2.75) is 4.90 Å². The highest BCUT2D eigenvalue weighted by atomic mass is 35.5. The van der Waals surface area contributed by atoms with Crippen LogP contribution in [-0.2, 0) is 10.0 Å². The molecule has 0 aliphatic heterocycles. The van der Waals surface area contributed by atoms with Crippen molar-refractivity contribution in [3.63, 3.8) is 0 Å². The second kappa shape index (κ2) is 4.83. The van der Waals surface area contributed by atoms with Crippen LogP contribution in [0.5, 0.6) is 0 Å². The van der Waals surface area contributed by atoms with Crippen LogP contribution in [0.1, 0.15) is 0 Å². The second-order valence-corrected chi connectivity index (χ2v) is 5.46. The molecule has 0 aromatic heterocycles. The first-order valence-electron chi connectivity index (χ1n) is 4.24. The summed E-state index contributed by atoms with van der Waals surface area (Å²) in [6, 6.07) is 3.08. The van der Waals surface area contributed by atoms with Gasteiger partial charge in [-0.3, -0.25) is 0 Å². The molecule has 0 saturated carbocycles. The molecule has 0 N–H and O–H groups in total. The van der Waals surface area contributed by atoms with Crippen LogP contribution in [0.25, 0.3) is 0 Å². The van der Waals surface area contributed by atoms with Crippen LogP contribution in [0.15, 0.2) is 23.1 Å². The Morgan fingerprint density at radius 3 is 2.69 bits per heavy atom. The number of rotatable bonds is 3. The fourth-order valence-corrected chi connectivity index (χ4v) is 2.65. The standard InChI is InChI=1S/C10H9ClFNO2S/c1-3-6-13(2)16(14,15)10-5-4-8(12)7-9(10)11/h1,4-5,7H,6H2,2H3. The van der Waals surface area contributed by atoms with Gasteiger partial charge in [-0.2, -0.15) is 4.31 Å². The molecular weight excluding hydrogens is 253 g/mol. The minimum atomic E-state index is -3.76. The van der Waals surface area contributed by atoms with Crippen molar-refractivity contribution in [3.8, 4) is 12.3 Å². The second-order valence-electron chi connectivity index (χ2n) is 3.04. The molecule has 1 aromatic rings. The van der Waals surface area contributed by atoms with Gasteiger partial charge in [-0.05, 0) is 18.2 Å². The van der Waals surface area contributed by atoms with Crippen LogP contribution >= 0.6 is 11.6 Å². The number of hydrogen-bond donors (Lipinski definition) is 0. The smallest absolute Gasteiger partial charge is 0.207 e. The molecule has 0 bridgehead atoms. The van der Waals surface area contributed by atoms with Crippen molar-refractivity contribution in [1.29, 1.82) is 0 Å². The van der Waals surface area contributed by atoms with Gasteiger partial charge in [0.15, 0.2) is 0 Å². The number of terminal acetylenes is 1. The molecule has 16 heavy (non-hydrogen) atoms. The average Bonchev–Trinajstić information content (AvgIpc) is 2.17. The Labute approximate surface area is 98.9 Å². The highest BCUT2D eigenvalue weighted by Gasteiger charge is 2.22. The molecule has 1 rings (SSSR count). The predicted molar refractivity (Wildman–Crippen MR) is 60.1 cm³/mol. The Kier molecular flexibility index (Phi) is 3.92. The van der Waals surface area contributed by atoms with Gasteiger partial charge in [-0.25, -0.2) is 12.8 Å². The number of hydrogen-bond acceptors (Lipinski definition) is 2. The predicted octanol–water partition coefficient (Wildman–Crippen LogP) is 1.73. The average molecular weight is 262 g/mol. The summed E-state index contributed by atoms with van der Waals surface area (Å²) in [5, 5.41) is -0.163. The van der Waals surface area contributed by atoms with E-state index in [0.717, 1.165) is 22.5 Å². The molecule has 0 aliphatic rings. The summed E-state index contributed by atoms with van der Waals surface area (Å²) < 4.78 is 37.5. The van der Waals surface area contributed by atoms with E-state index in [1.807, 2.05) is 0 Å². The van der Waals surface area contributed by atoms with E-state index in [-0.39, 0.29) is 16.5 Å². The minimum absolute atomic E-state index is 0.0734. The van der Waals surface area contributed by atoms with Crippen LogP contribution in [-0.4, -0.2) is 26.3 Å². The number of sulfonamides is 1. The largest absolute Gasteiger partial charge is 0.245 e. The Morgan fingerprint density at radius 1 is 1.56 bits per heavy atom. The van der Waals surface area contributed by atoms with Gasteiger partial charge in [0.1, 0.15) is 10.7 Å². The molecule has 0 unspecified atom stereocenters. The Hall–Kier alpha value is -1.09. The minimum Gasteiger partial charge on any atom is -0.207 e. The van der Waals surface area contributed by atoms with E-state index in [4.69, 9.17) is 18.0 Å². The van der Waals surface area contributed by atoms with Crippen molar-refractivity contribution < 1.29 is 12.8 Å². The van der Waals surface area contributed by atoms with Crippen LogP contribution < -0.4 is 0 Å². The lowest BCUT2D eigenvalue weighted by molar-refractivity contribution is 0.503. The zero-order valence-electron chi connectivity index (χ0n) is 8.44. The molecule has 3 nitrogen and oxygen atoms in total. The number of nitrogens with zero attached hydrogens (tertiary/aromatic N) is 1. The van der Waals surface area contributed by atoms with Crippen LogP contribution in [0, 0.1) is 18.2 Å². The summed E-state index contributed by atoms with van der Waals surface area (Å²) in [7, 11) is -2.43. The third-order valence-corrected chi connectivity index (χ3v) is 4.18. The van der Waals surface area contributed by atoms with Crippen molar-refractivity contribution in [2.75, 3.05) is 13.6 Å². The monoisotopic (exact) mass is 261 g/mol. The molecule has 0 fully saturated rings. The van der Waals surface area contributed by atoms with Gasteiger partial charge in [0, 0.05) is 7.05 Å². The maximum Gasteiger partial charge on any atom is 0.245 e. The van der Waals surface area contributed by atoms with E-state index in [2.05, 4.69) is 5.92 Å². The summed E-state index contributed by atoms with van der Waals surface area (Å²) in [5.41, 5.74) is 0. The first-order valence-corrected chi connectivity index (χ1v) is 6.06. The van der Waals surface area contributed by atoms with E-state index in [1.54, 1.807) is 0 Å². The molecule has 86 valence electrons. The molecule has 0 saturated heterocycles. The third kappa shape index (κ3) is 2.53. The van der Waals surface area contributed by atoms with Crippen molar-refractivity contribution >= 4 is 21.6 Å². The van der Waals surface area contributed by atoms with Crippen molar-refractivity contribution in [2.24, 2.45) is 0 Å². The summed E-state index contributed by atoms with van der Waals surface area (Å²) >= 11 is 5.66. The quantitative estimate of drug-likeness (QED) is 0.777. The number of halogens is 2. The van der Waals surface area contributed by atoms with Gasteiger partial charge < -0.3 is 0 Å². The van der Waals surface area contributed by atoms with E-state index in [1.165, 1.54) is 7.05 Å². The first kappa shape index (κ1) is 13.0. The van der Waals surface area contributed by atoms with Gasteiger partial charge in [0.25, 0.3) is 0 Å².